The Morgan fingerprint density at radius 2 is 1.95 bits per heavy atom. The molecule has 1 aromatic carbocycles. The normalized spacial score (nSPS) is 10.2. The van der Waals surface area contributed by atoms with Gasteiger partial charge in [-0.1, -0.05) is 17.7 Å². The van der Waals surface area contributed by atoms with Crippen LogP contribution in [0.25, 0.3) is 0 Å². The van der Waals surface area contributed by atoms with E-state index < -0.39 is 0 Å². The van der Waals surface area contributed by atoms with E-state index in [4.69, 9.17) is 4.74 Å². The molecule has 0 radical (unpaired) electrons. The Labute approximate surface area is 113 Å². The number of aryl methyl sites for hydroxylation is 1. The Hall–Kier alpha value is -2.14. The lowest BCUT2D eigenvalue weighted by atomic mass is 10.2. The van der Waals surface area contributed by atoms with Gasteiger partial charge in [0.2, 0.25) is 5.95 Å². The molecule has 2 aromatic rings. The molecule has 0 bridgehead atoms. The molecule has 0 spiro atoms. The number of aromatic nitrogens is 2. The average molecular weight is 258 g/mol. The second kappa shape index (κ2) is 6.70. The first-order chi connectivity index (χ1) is 9.28. The molecular formula is C14H18N4O. The second-order valence-electron chi connectivity index (χ2n) is 4.18. The van der Waals surface area contributed by atoms with E-state index in [2.05, 4.69) is 27.5 Å². The summed E-state index contributed by atoms with van der Waals surface area (Å²) in [4.78, 5) is 8.57. The summed E-state index contributed by atoms with van der Waals surface area (Å²) in [6, 6.07) is 9.93. The summed E-state index contributed by atoms with van der Waals surface area (Å²) >= 11 is 0. The highest BCUT2D eigenvalue weighted by molar-refractivity contribution is 5.54. The molecule has 0 aliphatic rings. The molecule has 0 aliphatic heterocycles. The average Bonchev–Trinajstić information content (AvgIpc) is 2.42. The van der Waals surface area contributed by atoms with E-state index in [9.17, 15) is 0 Å². The van der Waals surface area contributed by atoms with E-state index in [1.165, 1.54) is 5.56 Å². The van der Waals surface area contributed by atoms with Crippen molar-refractivity contribution in [3.05, 3.63) is 42.1 Å². The third-order valence-electron chi connectivity index (χ3n) is 2.58. The van der Waals surface area contributed by atoms with Crippen LogP contribution in [0, 0.1) is 6.92 Å². The zero-order valence-corrected chi connectivity index (χ0v) is 11.2. The standard InChI is InChI=1S/C14H18N4O/c1-11-3-5-12(6-4-11)17-14-16-8-7-13(18-14)15-9-10-19-2/h3-8H,9-10H2,1-2H3,(H2,15,16,17,18). The minimum Gasteiger partial charge on any atom is -0.383 e. The highest BCUT2D eigenvalue weighted by atomic mass is 16.5. The number of hydrogen-bond donors (Lipinski definition) is 2. The molecule has 1 heterocycles. The van der Waals surface area contributed by atoms with Crippen LogP contribution in [0.1, 0.15) is 5.56 Å². The van der Waals surface area contributed by atoms with Crippen LogP contribution in [0.3, 0.4) is 0 Å². The van der Waals surface area contributed by atoms with E-state index >= 15 is 0 Å². The van der Waals surface area contributed by atoms with Crippen molar-refractivity contribution in [2.45, 2.75) is 6.92 Å². The monoisotopic (exact) mass is 258 g/mol. The van der Waals surface area contributed by atoms with Gasteiger partial charge in [0.15, 0.2) is 0 Å². The van der Waals surface area contributed by atoms with Gasteiger partial charge in [0.25, 0.3) is 0 Å². The number of anilines is 3. The smallest absolute Gasteiger partial charge is 0.229 e. The van der Waals surface area contributed by atoms with Crippen LogP contribution in [0.5, 0.6) is 0 Å². The molecule has 0 aliphatic carbocycles. The zero-order valence-electron chi connectivity index (χ0n) is 11.2. The number of nitrogens with one attached hydrogen (secondary N) is 2. The van der Waals surface area contributed by atoms with Gasteiger partial charge in [-0.15, -0.1) is 0 Å². The Morgan fingerprint density at radius 1 is 1.16 bits per heavy atom. The largest absolute Gasteiger partial charge is 0.383 e. The summed E-state index contributed by atoms with van der Waals surface area (Å²) in [6.07, 6.45) is 1.72. The molecule has 100 valence electrons. The van der Waals surface area contributed by atoms with Gasteiger partial charge in [0, 0.05) is 25.5 Å². The van der Waals surface area contributed by atoms with Crippen LogP contribution < -0.4 is 10.6 Å². The van der Waals surface area contributed by atoms with Crippen molar-refractivity contribution in [3.63, 3.8) is 0 Å². The van der Waals surface area contributed by atoms with Gasteiger partial charge in [0.1, 0.15) is 5.82 Å². The molecule has 0 amide bonds. The molecule has 5 nitrogen and oxygen atoms in total. The minimum absolute atomic E-state index is 0.575. The third-order valence-corrected chi connectivity index (χ3v) is 2.58. The molecule has 1 aromatic heterocycles. The first-order valence-corrected chi connectivity index (χ1v) is 6.17. The fourth-order valence-electron chi connectivity index (χ4n) is 1.56. The molecule has 0 fully saturated rings. The SMILES string of the molecule is COCCNc1ccnc(Nc2ccc(C)cc2)n1. The second-order valence-corrected chi connectivity index (χ2v) is 4.18. The lowest BCUT2D eigenvalue weighted by molar-refractivity contribution is 0.210. The number of benzene rings is 1. The Bertz CT molecular complexity index is 513. The molecule has 2 rings (SSSR count). The first kappa shape index (κ1) is 13.3. The van der Waals surface area contributed by atoms with Crippen molar-refractivity contribution >= 4 is 17.5 Å². The van der Waals surface area contributed by atoms with Crippen LogP contribution in [0.4, 0.5) is 17.5 Å². The fourth-order valence-corrected chi connectivity index (χ4v) is 1.56. The van der Waals surface area contributed by atoms with Crippen LogP contribution in [-0.2, 0) is 4.74 Å². The van der Waals surface area contributed by atoms with Crippen LogP contribution in [0.15, 0.2) is 36.5 Å². The maximum atomic E-state index is 4.98. The highest BCUT2D eigenvalue weighted by Gasteiger charge is 1.99. The van der Waals surface area contributed by atoms with Crippen molar-refractivity contribution < 1.29 is 4.74 Å². The molecule has 0 saturated carbocycles. The van der Waals surface area contributed by atoms with Crippen molar-refractivity contribution in [2.75, 3.05) is 30.9 Å². The van der Waals surface area contributed by atoms with Crippen LogP contribution >= 0.6 is 0 Å². The number of ether oxygens (including phenoxy) is 1. The minimum atomic E-state index is 0.575. The quantitative estimate of drug-likeness (QED) is 0.780. The van der Waals surface area contributed by atoms with E-state index in [0.29, 0.717) is 12.6 Å². The van der Waals surface area contributed by atoms with Crippen LogP contribution in [-0.4, -0.2) is 30.2 Å². The highest BCUT2D eigenvalue weighted by Crippen LogP contribution is 2.14. The lowest BCUT2D eigenvalue weighted by Crippen LogP contribution is -2.09. The lowest BCUT2D eigenvalue weighted by Gasteiger charge is -2.08. The van der Waals surface area contributed by atoms with E-state index in [0.717, 1.165) is 18.1 Å². The predicted octanol–water partition coefficient (Wildman–Crippen LogP) is 2.59. The number of methoxy groups -OCH3 is 1. The first-order valence-electron chi connectivity index (χ1n) is 6.17. The Morgan fingerprint density at radius 3 is 2.68 bits per heavy atom. The number of nitrogens with zero attached hydrogens (tertiary/aromatic N) is 2. The molecule has 0 atom stereocenters. The maximum absolute atomic E-state index is 4.98. The predicted molar refractivity (Wildman–Crippen MR) is 76.9 cm³/mol. The molecular weight excluding hydrogens is 240 g/mol. The van der Waals surface area contributed by atoms with Gasteiger partial charge in [-0.25, -0.2) is 4.98 Å². The molecule has 5 heteroatoms. The van der Waals surface area contributed by atoms with E-state index in [1.54, 1.807) is 13.3 Å². The van der Waals surface area contributed by atoms with Crippen molar-refractivity contribution in [1.29, 1.82) is 0 Å². The van der Waals surface area contributed by atoms with Crippen molar-refractivity contribution in [2.24, 2.45) is 0 Å². The van der Waals surface area contributed by atoms with Gasteiger partial charge in [-0.3, -0.25) is 0 Å². The topological polar surface area (TPSA) is 59.1 Å². The van der Waals surface area contributed by atoms with Gasteiger partial charge in [-0.05, 0) is 25.1 Å². The molecule has 2 N–H and O–H groups in total. The van der Waals surface area contributed by atoms with Gasteiger partial charge >= 0.3 is 0 Å². The summed E-state index contributed by atoms with van der Waals surface area (Å²) in [7, 11) is 1.67. The maximum Gasteiger partial charge on any atom is 0.229 e. The van der Waals surface area contributed by atoms with Crippen molar-refractivity contribution in [1.82, 2.24) is 9.97 Å². The Balaban J connectivity index is 2.00. The van der Waals surface area contributed by atoms with E-state index in [-0.39, 0.29) is 0 Å². The molecule has 19 heavy (non-hydrogen) atoms. The summed E-state index contributed by atoms with van der Waals surface area (Å²) < 4.78 is 4.98. The van der Waals surface area contributed by atoms with Gasteiger partial charge in [0.05, 0.1) is 6.61 Å². The molecule has 0 saturated heterocycles. The summed E-state index contributed by atoms with van der Waals surface area (Å²) in [6.45, 7) is 3.42. The van der Waals surface area contributed by atoms with Crippen molar-refractivity contribution in [3.8, 4) is 0 Å². The summed E-state index contributed by atoms with van der Waals surface area (Å²) in [5, 5.41) is 6.33. The number of rotatable bonds is 6. The zero-order chi connectivity index (χ0) is 13.5. The Kier molecular flexibility index (Phi) is 4.69. The summed E-state index contributed by atoms with van der Waals surface area (Å²) in [5.41, 5.74) is 2.20. The summed E-state index contributed by atoms with van der Waals surface area (Å²) in [5.74, 6) is 1.35. The van der Waals surface area contributed by atoms with Crippen LogP contribution in [0.2, 0.25) is 0 Å². The third kappa shape index (κ3) is 4.22. The fraction of sp³-hybridized carbons (Fsp3) is 0.286. The van der Waals surface area contributed by atoms with Gasteiger partial charge in [-0.2, -0.15) is 4.98 Å². The molecule has 0 unspecified atom stereocenters. The van der Waals surface area contributed by atoms with E-state index in [1.807, 2.05) is 30.3 Å². The number of hydrogen-bond acceptors (Lipinski definition) is 5. The van der Waals surface area contributed by atoms with Gasteiger partial charge < -0.3 is 15.4 Å².